The van der Waals surface area contributed by atoms with E-state index >= 15 is 0 Å². The van der Waals surface area contributed by atoms with Crippen molar-refractivity contribution in [2.24, 2.45) is 5.10 Å². The summed E-state index contributed by atoms with van der Waals surface area (Å²) >= 11 is 5.74. The van der Waals surface area contributed by atoms with Gasteiger partial charge in [-0.3, -0.25) is 9.78 Å². The average Bonchev–Trinajstić information content (AvgIpc) is 2.48. The number of aromatic nitrogens is 1. The van der Waals surface area contributed by atoms with Crippen molar-refractivity contribution in [3.63, 3.8) is 0 Å². The van der Waals surface area contributed by atoms with Gasteiger partial charge >= 0.3 is 0 Å². The number of nitrogens with zero attached hydrogens (tertiary/aromatic N) is 2. The molecule has 2 aromatic rings. The first-order chi connectivity index (χ1) is 9.74. The van der Waals surface area contributed by atoms with Gasteiger partial charge in [-0.1, -0.05) is 17.7 Å². The van der Waals surface area contributed by atoms with Crippen LogP contribution in [0, 0.1) is 0 Å². The number of ether oxygens (including phenoxy) is 1. The molecule has 0 spiro atoms. The van der Waals surface area contributed by atoms with E-state index in [4.69, 9.17) is 16.3 Å². The van der Waals surface area contributed by atoms with E-state index in [1.54, 1.807) is 42.7 Å². The number of nitrogens with one attached hydrogen (secondary N) is 1. The predicted octanol–water partition coefficient (Wildman–Crippen LogP) is 2.26. The first kappa shape index (κ1) is 14.0. The molecule has 1 amide bonds. The summed E-state index contributed by atoms with van der Waals surface area (Å²) in [4.78, 5) is 15.4. The monoisotopic (exact) mass is 289 g/mol. The van der Waals surface area contributed by atoms with E-state index in [-0.39, 0.29) is 12.5 Å². The zero-order valence-electron chi connectivity index (χ0n) is 10.5. The minimum Gasteiger partial charge on any atom is -0.484 e. The van der Waals surface area contributed by atoms with Gasteiger partial charge in [0.15, 0.2) is 6.61 Å². The van der Waals surface area contributed by atoms with E-state index in [9.17, 15) is 4.79 Å². The maximum absolute atomic E-state index is 11.5. The molecule has 5 nitrogen and oxygen atoms in total. The van der Waals surface area contributed by atoms with Crippen LogP contribution in [0.15, 0.2) is 53.9 Å². The van der Waals surface area contributed by atoms with Crippen molar-refractivity contribution in [1.82, 2.24) is 10.4 Å². The van der Waals surface area contributed by atoms with Crippen LogP contribution < -0.4 is 10.2 Å². The van der Waals surface area contributed by atoms with Crippen LogP contribution >= 0.6 is 11.6 Å². The number of hydrogen-bond donors (Lipinski definition) is 1. The lowest BCUT2D eigenvalue weighted by molar-refractivity contribution is -0.123. The van der Waals surface area contributed by atoms with Gasteiger partial charge < -0.3 is 4.74 Å². The van der Waals surface area contributed by atoms with E-state index < -0.39 is 0 Å². The van der Waals surface area contributed by atoms with Crippen LogP contribution in [0.25, 0.3) is 0 Å². The maximum Gasteiger partial charge on any atom is 0.277 e. The minimum atomic E-state index is -0.347. The Kier molecular flexibility index (Phi) is 5.08. The topological polar surface area (TPSA) is 63.6 Å². The van der Waals surface area contributed by atoms with Gasteiger partial charge in [0.05, 0.1) is 6.21 Å². The van der Waals surface area contributed by atoms with E-state index in [0.717, 1.165) is 5.56 Å². The van der Waals surface area contributed by atoms with E-state index in [1.807, 2.05) is 6.07 Å². The lowest BCUT2D eigenvalue weighted by Crippen LogP contribution is -2.24. The first-order valence-corrected chi connectivity index (χ1v) is 6.22. The second kappa shape index (κ2) is 7.25. The van der Waals surface area contributed by atoms with Crippen LogP contribution in [0.2, 0.25) is 5.02 Å². The molecule has 0 bridgehead atoms. The van der Waals surface area contributed by atoms with Crippen LogP contribution in [0.1, 0.15) is 5.56 Å². The van der Waals surface area contributed by atoms with Gasteiger partial charge in [0.1, 0.15) is 5.75 Å². The molecule has 0 saturated heterocycles. The summed E-state index contributed by atoms with van der Waals surface area (Å²) in [5.74, 6) is 0.223. The third-order valence-corrected chi connectivity index (χ3v) is 2.52. The predicted molar refractivity (Wildman–Crippen MR) is 76.9 cm³/mol. The van der Waals surface area contributed by atoms with Crippen LogP contribution in [-0.4, -0.2) is 23.7 Å². The molecular formula is C14H12ClN3O2. The smallest absolute Gasteiger partial charge is 0.277 e. The molecule has 0 aliphatic rings. The number of halogens is 1. The van der Waals surface area contributed by atoms with Gasteiger partial charge in [-0.05, 0) is 30.3 Å². The Labute approximate surface area is 121 Å². The number of hydrazone groups is 1. The average molecular weight is 290 g/mol. The minimum absolute atomic E-state index is 0.119. The van der Waals surface area contributed by atoms with Gasteiger partial charge in [-0.2, -0.15) is 5.10 Å². The zero-order chi connectivity index (χ0) is 14.2. The molecule has 6 heteroatoms. The fourth-order valence-corrected chi connectivity index (χ4v) is 1.47. The molecule has 0 aliphatic carbocycles. The number of benzene rings is 1. The van der Waals surface area contributed by atoms with Gasteiger partial charge in [0, 0.05) is 23.0 Å². The molecule has 2 rings (SSSR count). The van der Waals surface area contributed by atoms with Crippen molar-refractivity contribution in [3.8, 4) is 5.75 Å². The Balaban J connectivity index is 1.76. The maximum atomic E-state index is 11.5. The highest BCUT2D eigenvalue weighted by Gasteiger charge is 2.01. The van der Waals surface area contributed by atoms with Crippen LogP contribution in [-0.2, 0) is 4.79 Å². The Morgan fingerprint density at radius 1 is 1.35 bits per heavy atom. The second-order valence-electron chi connectivity index (χ2n) is 3.82. The second-order valence-corrected chi connectivity index (χ2v) is 4.26. The number of pyridine rings is 1. The summed E-state index contributed by atoms with van der Waals surface area (Å²) in [5.41, 5.74) is 3.16. The largest absolute Gasteiger partial charge is 0.484 e. The highest BCUT2D eigenvalue weighted by Crippen LogP contribution is 2.15. The molecule has 20 heavy (non-hydrogen) atoms. The highest BCUT2D eigenvalue weighted by molar-refractivity contribution is 6.30. The molecule has 0 unspecified atom stereocenters. The fraction of sp³-hybridized carbons (Fsp3) is 0.0714. The summed E-state index contributed by atoms with van der Waals surface area (Å²) in [6.45, 7) is -0.119. The molecule has 102 valence electrons. The lowest BCUT2D eigenvalue weighted by Gasteiger charge is -2.04. The summed E-state index contributed by atoms with van der Waals surface area (Å²) < 4.78 is 5.27. The standard InChI is InChI=1S/C14H12ClN3O2/c15-12-3-5-13(6-4-12)20-10-14(19)18-17-9-11-2-1-7-16-8-11/h1-9H,10H2,(H,18,19)/b17-9+. The Bertz CT molecular complexity index is 585. The van der Waals surface area contributed by atoms with Crippen molar-refractivity contribution in [2.45, 2.75) is 0 Å². The fourth-order valence-electron chi connectivity index (χ4n) is 1.34. The number of carbonyl (C=O) groups excluding carboxylic acids is 1. The van der Waals surface area contributed by atoms with Crippen molar-refractivity contribution < 1.29 is 9.53 Å². The number of carbonyl (C=O) groups is 1. The van der Waals surface area contributed by atoms with Gasteiger partial charge in [-0.25, -0.2) is 5.43 Å². The first-order valence-electron chi connectivity index (χ1n) is 5.84. The molecule has 1 N–H and O–H groups in total. The summed E-state index contributed by atoms with van der Waals surface area (Å²) in [7, 11) is 0. The molecule has 0 aliphatic heterocycles. The summed E-state index contributed by atoms with van der Waals surface area (Å²) in [5, 5.41) is 4.42. The molecule has 0 radical (unpaired) electrons. The van der Waals surface area contributed by atoms with Crippen molar-refractivity contribution >= 4 is 23.7 Å². The number of rotatable bonds is 5. The quantitative estimate of drug-likeness (QED) is 0.678. The lowest BCUT2D eigenvalue weighted by atomic mass is 10.3. The van der Waals surface area contributed by atoms with E-state index in [1.165, 1.54) is 6.21 Å². The third-order valence-electron chi connectivity index (χ3n) is 2.27. The van der Waals surface area contributed by atoms with Crippen molar-refractivity contribution in [1.29, 1.82) is 0 Å². The summed E-state index contributed by atoms with van der Waals surface area (Å²) in [6, 6.07) is 10.4. The van der Waals surface area contributed by atoms with Gasteiger partial charge in [-0.15, -0.1) is 0 Å². The van der Waals surface area contributed by atoms with Crippen molar-refractivity contribution in [3.05, 3.63) is 59.4 Å². The van der Waals surface area contributed by atoms with Gasteiger partial charge in [0.2, 0.25) is 0 Å². The third kappa shape index (κ3) is 4.70. The summed E-state index contributed by atoms with van der Waals surface area (Å²) in [6.07, 6.45) is 4.81. The van der Waals surface area contributed by atoms with E-state index in [0.29, 0.717) is 10.8 Å². The van der Waals surface area contributed by atoms with Crippen LogP contribution in [0.3, 0.4) is 0 Å². The number of amides is 1. The molecule has 1 aromatic heterocycles. The molecule has 0 saturated carbocycles. The Morgan fingerprint density at radius 2 is 2.15 bits per heavy atom. The SMILES string of the molecule is O=C(COc1ccc(Cl)cc1)N/N=C/c1cccnc1. The molecule has 1 aromatic carbocycles. The van der Waals surface area contributed by atoms with Crippen molar-refractivity contribution in [2.75, 3.05) is 6.61 Å². The van der Waals surface area contributed by atoms with E-state index in [2.05, 4.69) is 15.5 Å². The molecular weight excluding hydrogens is 278 g/mol. The van der Waals surface area contributed by atoms with Crippen LogP contribution in [0.4, 0.5) is 0 Å². The Morgan fingerprint density at radius 3 is 2.85 bits per heavy atom. The van der Waals surface area contributed by atoms with Gasteiger partial charge in [0.25, 0.3) is 5.91 Å². The number of hydrogen-bond acceptors (Lipinski definition) is 4. The molecule has 1 heterocycles. The zero-order valence-corrected chi connectivity index (χ0v) is 11.2. The van der Waals surface area contributed by atoms with Crippen LogP contribution in [0.5, 0.6) is 5.75 Å². The molecule has 0 fully saturated rings. The normalized spacial score (nSPS) is 10.4. The highest BCUT2D eigenvalue weighted by atomic mass is 35.5. The Hall–Kier alpha value is -2.40. The molecule has 0 atom stereocenters.